The Bertz CT molecular complexity index is 832. The van der Waals surface area contributed by atoms with E-state index in [0.29, 0.717) is 11.4 Å². The molecule has 1 aliphatic heterocycles. The third kappa shape index (κ3) is 5.08. The highest BCUT2D eigenvalue weighted by molar-refractivity contribution is 7.91. The molecule has 1 atom stereocenters. The van der Waals surface area contributed by atoms with Gasteiger partial charge in [-0.25, -0.2) is 13.2 Å². The molecule has 0 spiro atoms. The van der Waals surface area contributed by atoms with Gasteiger partial charge in [0.2, 0.25) is 0 Å². The van der Waals surface area contributed by atoms with Gasteiger partial charge in [0, 0.05) is 23.2 Å². The monoisotopic (exact) mass is 397 g/mol. The van der Waals surface area contributed by atoms with Gasteiger partial charge in [-0.15, -0.1) is 0 Å². The molecule has 26 heavy (non-hydrogen) atoms. The summed E-state index contributed by atoms with van der Waals surface area (Å²) in [5, 5.41) is 0.558. The molecule has 1 aromatic carbocycles. The first-order valence-electron chi connectivity index (χ1n) is 8.46. The maximum Gasteiger partial charge on any atom is 0.331 e. The molecule has 140 valence electrons. The van der Waals surface area contributed by atoms with Crippen LogP contribution in [0.5, 0.6) is 0 Å². The molecule has 0 radical (unpaired) electrons. The number of hydrogen-bond acceptors (Lipinski definition) is 5. The quantitative estimate of drug-likeness (QED) is 0.542. The Morgan fingerprint density at radius 1 is 1.23 bits per heavy atom. The van der Waals surface area contributed by atoms with Gasteiger partial charge in [-0.3, -0.25) is 4.79 Å². The number of benzene rings is 1. The number of hydrogen-bond donors (Lipinski definition) is 0. The van der Waals surface area contributed by atoms with Crippen LogP contribution in [0.1, 0.15) is 24.8 Å². The fraction of sp³-hybridized carbons (Fsp3) is 0.444. The van der Waals surface area contributed by atoms with E-state index < -0.39 is 15.8 Å². The zero-order valence-electron chi connectivity index (χ0n) is 14.1. The van der Waals surface area contributed by atoms with Crippen LogP contribution in [0.3, 0.4) is 0 Å². The van der Waals surface area contributed by atoms with Crippen molar-refractivity contribution < 1.29 is 22.7 Å². The van der Waals surface area contributed by atoms with Gasteiger partial charge in [-0.1, -0.05) is 23.7 Å². The van der Waals surface area contributed by atoms with Crippen LogP contribution in [-0.4, -0.2) is 55.4 Å². The summed E-state index contributed by atoms with van der Waals surface area (Å²) < 4.78 is 28.4. The smallest absolute Gasteiger partial charge is 0.331 e. The second-order valence-electron chi connectivity index (χ2n) is 6.59. The van der Waals surface area contributed by atoms with Crippen LogP contribution in [-0.2, 0) is 24.2 Å². The number of ether oxygens (including phenoxy) is 1. The van der Waals surface area contributed by atoms with Crippen LogP contribution in [0, 0.1) is 0 Å². The highest BCUT2D eigenvalue weighted by atomic mass is 35.5. The van der Waals surface area contributed by atoms with Crippen molar-refractivity contribution in [3.8, 4) is 0 Å². The third-order valence-corrected chi connectivity index (χ3v) is 6.41. The van der Waals surface area contributed by atoms with Crippen LogP contribution < -0.4 is 0 Å². The largest absolute Gasteiger partial charge is 0.452 e. The highest BCUT2D eigenvalue weighted by Crippen LogP contribution is 2.32. The number of carbonyl (C=O) groups excluding carboxylic acids is 2. The Labute approximate surface area is 157 Å². The third-order valence-electron chi connectivity index (χ3n) is 4.43. The summed E-state index contributed by atoms with van der Waals surface area (Å²) in [5.74, 6) is -0.860. The molecule has 0 unspecified atom stereocenters. The van der Waals surface area contributed by atoms with E-state index >= 15 is 0 Å². The number of carbonyl (C=O) groups is 2. The fourth-order valence-electron chi connectivity index (χ4n) is 3.08. The molecule has 2 fully saturated rings. The predicted octanol–water partition coefficient (Wildman–Crippen LogP) is 2.07. The molecule has 1 amide bonds. The summed E-state index contributed by atoms with van der Waals surface area (Å²) in [6, 6.07) is 6.75. The minimum absolute atomic E-state index is 0.00213. The molecule has 0 bridgehead atoms. The van der Waals surface area contributed by atoms with Gasteiger partial charge in [0.25, 0.3) is 5.91 Å². The average molecular weight is 398 g/mol. The molecular formula is C18H20ClNO5S. The lowest BCUT2D eigenvalue weighted by molar-refractivity contribution is -0.149. The molecule has 6 nitrogen and oxygen atoms in total. The number of esters is 1. The van der Waals surface area contributed by atoms with Gasteiger partial charge in [-0.2, -0.15) is 0 Å². The summed E-state index contributed by atoms with van der Waals surface area (Å²) in [6.07, 6.45) is 4.98. The SMILES string of the molecule is O=C(/C=C/c1cccc(Cl)c1)OCC(=O)N(C1CC1)[C@@H]1CCS(=O)(=O)C1. The molecule has 3 rings (SSSR count). The summed E-state index contributed by atoms with van der Waals surface area (Å²) >= 11 is 5.87. The molecule has 1 aromatic rings. The highest BCUT2D eigenvalue weighted by Gasteiger charge is 2.42. The van der Waals surface area contributed by atoms with Crippen molar-refractivity contribution in [2.45, 2.75) is 31.3 Å². The van der Waals surface area contributed by atoms with E-state index in [1.807, 2.05) is 0 Å². The van der Waals surface area contributed by atoms with Crippen LogP contribution >= 0.6 is 11.6 Å². The minimum Gasteiger partial charge on any atom is -0.452 e. The van der Waals surface area contributed by atoms with E-state index in [2.05, 4.69) is 0 Å². The fourth-order valence-corrected chi connectivity index (χ4v) is 4.99. The molecule has 1 aliphatic carbocycles. The lowest BCUT2D eigenvalue weighted by Crippen LogP contribution is -2.44. The summed E-state index contributed by atoms with van der Waals surface area (Å²) in [5.41, 5.74) is 0.747. The van der Waals surface area contributed by atoms with Crippen molar-refractivity contribution in [2.24, 2.45) is 0 Å². The second-order valence-corrected chi connectivity index (χ2v) is 9.25. The molecular weight excluding hydrogens is 378 g/mol. The molecule has 8 heteroatoms. The average Bonchev–Trinajstić information content (AvgIpc) is 3.34. The van der Waals surface area contributed by atoms with Crippen molar-refractivity contribution in [1.29, 1.82) is 0 Å². The van der Waals surface area contributed by atoms with Crippen molar-refractivity contribution >= 4 is 39.4 Å². The Morgan fingerprint density at radius 2 is 2.00 bits per heavy atom. The van der Waals surface area contributed by atoms with Gasteiger partial charge in [-0.05, 0) is 43.0 Å². The zero-order chi connectivity index (χ0) is 18.7. The molecule has 0 N–H and O–H groups in total. The van der Waals surface area contributed by atoms with E-state index in [0.717, 1.165) is 18.4 Å². The van der Waals surface area contributed by atoms with E-state index in [-0.39, 0.29) is 36.1 Å². The van der Waals surface area contributed by atoms with Crippen molar-refractivity contribution in [3.05, 3.63) is 40.9 Å². The summed E-state index contributed by atoms with van der Waals surface area (Å²) in [7, 11) is -3.08. The molecule has 1 saturated heterocycles. The maximum absolute atomic E-state index is 12.5. The molecule has 2 aliphatic rings. The number of rotatable bonds is 6. The lowest BCUT2D eigenvalue weighted by Gasteiger charge is -2.28. The Morgan fingerprint density at radius 3 is 2.62 bits per heavy atom. The standard InChI is InChI=1S/C18H20ClNO5S/c19-14-3-1-2-13(10-14)4-7-18(22)25-11-17(21)20(15-5-6-15)16-8-9-26(23,24)12-16/h1-4,7,10,15-16H,5-6,8-9,11-12H2/b7-4+/t16-/m1/s1. The normalized spacial score (nSPS) is 21.7. The Kier molecular flexibility index (Phi) is 5.67. The lowest BCUT2D eigenvalue weighted by atomic mass is 10.2. The van der Waals surface area contributed by atoms with E-state index in [4.69, 9.17) is 16.3 Å². The first kappa shape index (κ1) is 18.9. The van der Waals surface area contributed by atoms with Crippen molar-refractivity contribution in [3.63, 3.8) is 0 Å². The number of nitrogens with zero attached hydrogens (tertiary/aromatic N) is 1. The topological polar surface area (TPSA) is 80.8 Å². The van der Waals surface area contributed by atoms with Gasteiger partial charge in [0.15, 0.2) is 16.4 Å². The van der Waals surface area contributed by atoms with Gasteiger partial charge in [0.1, 0.15) is 0 Å². The van der Waals surface area contributed by atoms with Crippen LogP contribution in [0.15, 0.2) is 30.3 Å². The maximum atomic E-state index is 12.5. The van der Waals surface area contributed by atoms with E-state index in [9.17, 15) is 18.0 Å². The first-order valence-corrected chi connectivity index (χ1v) is 10.7. The van der Waals surface area contributed by atoms with Crippen molar-refractivity contribution in [2.75, 3.05) is 18.1 Å². The second kappa shape index (κ2) is 7.80. The summed E-state index contributed by atoms with van der Waals surface area (Å²) in [4.78, 5) is 25.9. The molecule has 1 heterocycles. The van der Waals surface area contributed by atoms with Crippen molar-refractivity contribution in [1.82, 2.24) is 4.90 Å². The Hall–Kier alpha value is -1.86. The zero-order valence-corrected chi connectivity index (χ0v) is 15.7. The Balaban J connectivity index is 1.54. The first-order chi connectivity index (χ1) is 12.3. The number of halogens is 1. The number of amides is 1. The number of sulfone groups is 1. The van der Waals surface area contributed by atoms with Gasteiger partial charge >= 0.3 is 5.97 Å². The minimum atomic E-state index is -3.08. The van der Waals surface area contributed by atoms with Crippen LogP contribution in [0.25, 0.3) is 6.08 Å². The van der Waals surface area contributed by atoms with E-state index in [1.54, 1.807) is 35.2 Å². The summed E-state index contributed by atoms with van der Waals surface area (Å²) in [6.45, 7) is -0.383. The van der Waals surface area contributed by atoms with Gasteiger partial charge in [0.05, 0.1) is 11.5 Å². The van der Waals surface area contributed by atoms with Gasteiger partial charge < -0.3 is 9.64 Å². The van der Waals surface area contributed by atoms with Crippen LogP contribution in [0.4, 0.5) is 0 Å². The molecule has 0 aromatic heterocycles. The predicted molar refractivity (Wildman–Crippen MR) is 98.4 cm³/mol. The van der Waals surface area contributed by atoms with Crippen LogP contribution in [0.2, 0.25) is 5.02 Å². The molecule has 1 saturated carbocycles. The van der Waals surface area contributed by atoms with E-state index in [1.165, 1.54) is 6.08 Å².